The zero-order valence-corrected chi connectivity index (χ0v) is 13.6. The smallest absolute Gasteiger partial charge is 0.317 e. The number of hydrogen-bond acceptors (Lipinski definition) is 4. The van der Waals surface area contributed by atoms with E-state index in [2.05, 4.69) is 10.2 Å². The van der Waals surface area contributed by atoms with Gasteiger partial charge in [0.1, 0.15) is 0 Å². The fourth-order valence-corrected chi connectivity index (χ4v) is 2.81. The number of likely N-dealkylation sites (tertiary alicyclic amines) is 1. The Balaban J connectivity index is 1.62. The lowest BCUT2D eigenvalue weighted by Crippen LogP contribution is -2.39. The molecule has 1 N–H and O–H groups in total. The van der Waals surface area contributed by atoms with Crippen LogP contribution in [-0.2, 0) is 11.3 Å². The van der Waals surface area contributed by atoms with Crippen LogP contribution >= 0.6 is 0 Å². The molecular weight excluding hydrogens is 282 g/mol. The maximum Gasteiger partial charge on any atom is 0.317 e. The molecular formula is C16H27N3O3. The average molecular weight is 309 g/mol. The van der Waals surface area contributed by atoms with Crippen molar-refractivity contribution >= 4 is 6.03 Å². The van der Waals surface area contributed by atoms with E-state index in [-0.39, 0.29) is 6.03 Å². The van der Waals surface area contributed by atoms with Crippen molar-refractivity contribution in [2.24, 2.45) is 5.92 Å². The Morgan fingerprint density at radius 3 is 3.18 bits per heavy atom. The number of carbonyl (C=O) groups is 1. The first-order valence-corrected chi connectivity index (χ1v) is 7.90. The van der Waals surface area contributed by atoms with Crippen LogP contribution in [0, 0.1) is 5.92 Å². The van der Waals surface area contributed by atoms with E-state index < -0.39 is 0 Å². The van der Waals surface area contributed by atoms with E-state index in [0.717, 1.165) is 51.2 Å². The Morgan fingerprint density at radius 1 is 1.59 bits per heavy atom. The molecule has 1 aromatic rings. The molecule has 1 saturated heterocycles. The van der Waals surface area contributed by atoms with Gasteiger partial charge >= 0.3 is 6.03 Å². The lowest BCUT2D eigenvalue weighted by molar-refractivity contribution is 0.178. The second-order valence-electron chi connectivity index (χ2n) is 5.98. The summed E-state index contributed by atoms with van der Waals surface area (Å²) in [5.41, 5.74) is 1.00. The van der Waals surface area contributed by atoms with E-state index in [1.807, 2.05) is 6.07 Å². The van der Waals surface area contributed by atoms with Crippen molar-refractivity contribution in [1.29, 1.82) is 0 Å². The Labute approximate surface area is 132 Å². The van der Waals surface area contributed by atoms with E-state index in [4.69, 9.17) is 9.15 Å². The van der Waals surface area contributed by atoms with Crippen molar-refractivity contribution in [2.45, 2.75) is 19.4 Å². The molecule has 6 heteroatoms. The molecule has 0 radical (unpaired) electrons. The van der Waals surface area contributed by atoms with Gasteiger partial charge in [0.25, 0.3) is 0 Å². The number of carbonyl (C=O) groups excluding carboxylic acids is 1. The highest BCUT2D eigenvalue weighted by Gasteiger charge is 2.22. The largest absolute Gasteiger partial charge is 0.472 e. The topological polar surface area (TPSA) is 58.0 Å². The quantitative estimate of drug-likeness (QED) is 0.744. The fourth-order valence-electron chi connectivity index (χ4n) is 2.81. The second kappa shape index (κ2) is 8.80. The molecule has 0 aliphatic carbocycles. The molecule has 0 bridgehead atoms. The highest BCUT2D eigenvalue weighted by atomic mass is 16.5. The van der Waals surface area contributed by atoms with Gasteiger partial charge in [0, 0.05) is 46.0 Å². The van der Waals surface area contributed by atoms with Gasteiger partial charge in [-0.25, -0.2) is 4.79 Å². The third-order valence-electron chi connectivity index (χ3n) is 4.08. The molecule has 2 rings (SSSR count). The van der Waals surface area contributed by atoms with Gasteiger partial charge in [-0.05, 0) is 31.4 Å². The van der Waals surface area contributed by atoms with Crippen molar-refractivity contribution in [3.8, 4) is 0 Å². The minimum atomic E-state index is -0.0287. The van der Waals surface area contributed by atoms with Crippen molar-refractivity contribution in [1.82, 2.24) is 15.1 Å². The maximum atomic E-state index is 12.1. The van der Waals surface area contributed by atoms with E-state index in [9.17, 15) is 4.79 Å². The minimum absolute atomic E-state index is 0.0287. The molecule has 0 spiro atoms. The second-order valence-corrected chi connectivity index (χ2v) is 5.98. The predicted octanol–water partition coefficient (Wildman–Crippen LogP) is 1.78. The molecule has 0 aromatic carbocycles. The van der Waals surface area contributed by atoms with Crippen LogP contribution < -0.4 is 5.32 Å². The maximum absolute atomic E-state index is 12.1. The molecule has 124 valence electrons. The van der Waals surface area contributed by atoms with Gasteiger partial charge in [-0.2, -0.15) is 0 Å². The molecule has 2 heterocycles. The number of nitrogens with zero attached hydrogens (tertiary/aromatic N) is 2. The third-order valence-corrected chi connectivity index (χ3v) is 4.08. The summed E-state index contributed by atoms with van der Waals surface area (Å²) in [5.74, 6) is 0.550. The summed E-state index contributed by atoms with van der Waals surface area (Å²) in [6.07, 6.45) is 5.51. The van der Waals surface area contributed by atoms with E-state index in [1.54, 1.807) is 31.6 Å². The summed E-state index contributed by atoms with van der Waals surface area (Å²) >= 11 is 0. The van der Waals surface area contributed by atoms with Crippen molar-refractivity contribution in [2.75, 3.05) is 46.9 Å². The van der Waals surface area contributed by atoms with Crippen LogP contribution in [-0.4, -0.2) is 62.8 Å². The number of rotatable bonds is 8. The molecule has 6 nitrogen and oxygen atoms in total. The Hall–Kier alpha value is -1.53. The first-order chi connectivity index (χ1) is 10.7. The number of amides is 2. The standard InChI is InChI=1S/C16H27N3O3/c1-18(11-15-5-9-22-13-15)16(20)17-10-14-4-7-19(12-14)6-3-8-21-2/h5,9,13-14H,3-4,6-8,10-12H2,1-2H3,(H,17,20)/t14-/m1/s1. The molecule has 1 atom stereocenters. The highest BCUT2D eigenvalue weighted by Crippen LogP contribution is 2.15. The van der Waals surface area contributed by atoms with Crippen LogP contribution in [0.3, 0.4) is 0 Å². The average Bonchev–Trinajstić information content (AvgIpc) is 3.17. The van der Waals surface area contributed by atoms with Crippen molar-refractivity contribution < 1.29 is 13.9 Å². The van der Waals surface area contributed by atoms with Crippen LogP contribution in [0.5, 0.6) is 0 Å². The summed E-state index contributed by atoms with van der Waals surface area (Å²) in [7, 11) is 3.54. The van der Waals surface area contributed by atoms with Crippen LogP contribution in [0.2, 0.25) is 0 Å². The normalized spacial score (nSPS) is 18.5. The van der Waals surface area contributed by atoms with Gasteiger partial charge in [-0.15, -0.1) is 0 Å². The van der Waals surface area contributed by atoms with Gasteiger partial charge < -0.3 is 24.3 Å². The summed E-state index contributed by atoms with van der Waals surface area (Å²) < 4.78 is 10.1. The first-order valence-electron chi connectivity index (χ1n) is 7.90. The highest BCUT2D eigenvalue weighted by molar-refractivity contribution is 5.73. The monoisotopic (exact) mass is 309 g/mol. The molecule has 1 aliphatic rings. The molecule has 2 amide bonds. The number of hydrogen-bond donors (Lipinski definition) is 1. The summed E-state index contributed by atoms with van der Waals surface area (Å²) in [6.45, 7) is 5.39. The van der Waals surface area contributed by atoms with Gasteiger partial charge in [-0.1, -0.05) is 0 Å². The summed E-state index contributed by atoms with van der Waals surface area (Å²) in [6, 6.07) is 1.84. The zero-order valence-electron chi connectivity index (χ0n) is 13.6. The van der Waals surface area contributed by atoms with E-state index in [0.29, 0.717) is 12.5 Å². The first kappa shape index (κ1) is 16.8. The van der Waals surface area contributed by atoms with Crippen LogP contribution in [0.25, 0.3) is 0 Å². The molecule has 0 saturated carbocycles. The van der Waals surface area contributed by atoms with Gasteiger partial charge in [0.05, 0.1) is 19.1 Å². The number of urea groups is 1. The Kier molecular flexibility index (Phi) is 6.74. The lowest BCUT2D eigenvalue weighted by Gasteiger charge is -2.19. The van der Waals surface area contributed by atoms with E-state index in [1.165, 1.54) is 0 Å². The third kappa shape index (κ3) is 5.35. The summed E-state index contributed by atoms with van der Waals surface area (Å²) in [4.78, 5) is 16.2. The van der Waals surface area contributed by atoms with Crippen molar-refractivity contribution in [3.63, 3.8) is 0 Å². The van der Waals surface area contributed by atoms with Crippen LogP contribution in [0.15, 0.2) is 23.0 Å². The molecule has 0 unspecified atom stereocenters. The molecule has 1 fully saturated rings. The zero-order chi connectivity index (χ0) is 15.8. The van der Waals surface area contributed by atoms with Crippen LogP contribution in [0.1, 0.15) is 18.4 Å². The number of nitrogens with one attached hydrogen (secondary N) is 1. The molecule has 1 aliphatic heterocycles. The van der Waals surface area contributed by atoms with Gasteiger partial charge in [0.15, 0.2) is 0 Å². The SMILES string of the molecule is COCCCN1CC[C@H](CNC(=O)N(C)Cc2ccoc2)C1. The predicted molar refractivity (Wildman–Crippen MR) is 84.6 cm³/mol. The number of furan rings is 1. The molecule has 22 heavy (non-hydrogen) atoms. The number of ether oxygens (including phenoxy) is 1. The van der Waals surface area contributed by atoms with Gasteiger partial charge in [-0.3, -0.25) is 0 Å². The number of methoxy groups -OCH3 is 1. The molecule has 1 aromatic heterocycles. The minimum Gasteiger partial charge on any atom is -0.472 e. The Morgan fingerprint density at radius 2 is 2.45 bits per heavy atom. The van der Waals surface area contributed by atoms with E-state index >= 15 is 0 Å². The van der Waals surface area contributed by atoms with Crippen molar-refractivity contribution in [3.05, 3.63) is 24.2 Å². The summed E-state index contributed by atoms with van der Waals surface area (Å²) in [5, 5.41) is 3.03. The van der Waals surface area contributed by atoms with Crippen LogP contribution in [0.4, 0.5) is 4.79 Å². The Bertz CT molecular complexity index is 436. The lowest BCUT2D eigenvalue weighted by atomic mass is 10.1. The van der Waals surface area contributed by atoms with Gasteiger partial charge in [0.2, 0.25) is 0 Å². The fraction of sp³-hybridized carbons (Fsp3) is 0.688.